The van der Waals surface area contributed by atoms with Crippen LogP contribution in [0.3, 0.4) is 0 Å². The Labute approximate surface area is 122 Å². The average molecular weight is 312 g/mol. The molecule has 2 aromatic rings. The Morgan fingerprint density at radius 3 is 2.45 bits per heavy atom. The number of carboxylic acid groups (broad SMARTS) is 1. The van der Waals surface area contributed by atoms with Gasteiger partial charge < -0.3 is 9.66 Å². The van der Waals surface area contributed by atoms with Gasteiger partial charge in [0.05, 0.1) is 28.2 Å². The van der Waals surface area contributed by atoms with Gasteiger partial charge in [-0.15, -0.1) is 0 Å². The first kappa shape index (κ1) is 14.4. The minimum Gasteiger partial charge on any atom is -0.755 e. The summed E-state index contributed by atoms with van der Waals surface area (Å²) in [6.07, 6.45) is 1.44. The second-order valence-corrected chi connectivity index (χ2v) is 4.83. The number of carboxylic acids is 1. The third kappa shape index (κ3) is 2.96. The molecule has 1 unspecified atom stereocenters. The summed E-state index contributed by atoms with van der Waals surface area (Å²) in [6.45, 7) is 0. The van der Waals surface area contributed by atoms with Crippen molar-refractivity contribution >= 4 is 40.2 Å². The number of aromatic nitrogens is 1. The van der Waals surface area contributed by atoms with Crippen LogP contribution in [-0.4, -0.2) is 24.8 Å². The number of pyridine rings is 1. The minimum atomic E-state index is -2.62. The van der Waals surface area contributed by atoms with Crippen LogP contribution in [0.25, 0.3) is 0 Å². The van der Waals surface area contributed by atoms with Crippen LogP contribution in [0.4, 0.5) is 11.4 Å². The number of halogens is 1. The van der Waals surface area contributed by atoms with E-state index in [9.17, 15) is 13.6 Å². The van der Waals surface area contributed by atoms with Crippen molar-refractivity contribution in [2.75, 3.05) is 4.31 Å². The highest BCUT2D eigenvalue weighted by atomic mass is 35.5. The van der Waals surface area contributed by atoms with Gasteiger partial charge in [0.2, 0.25) is 0 Å². The van der Waals surface area contributed by atoms with E-state index >= 15 is 0 Å². The lowest BCUT2D eigenvalue weighted by Crippen LogP contribution is -2.20. The molecule has 104 valence electrons. The fraction of sp³-hybridized carbons (Fsp3) is 0. The Morgan fingerprint density at radius 2 is 1.95 bits per heavy atom. The summed E-state index contributed by atoms with van der Waals surface area (Å²) in [5, 5.41) is 8.85. The van der Waals surface area contributed by atoms with Crippen molar-refractivity contribution in [2.24, 2.45) is 0 Å². The molecule has 2 rings (SSSR count). The first-order valence-electron chi connectivity index (χ1n) is 5.34. The molecule has 0 aliphatic heterocycles. The molecule has 1 atom stereocenters. The van der Waals surface area contributed by atoms with Gasteiger partial charge in [-0.3, -0.25) is 8.51 Å². The fourth-order valence-electron chi connectivity index (χ4n) is 1.57. The van der Waals surface area contributed by atoms with Gasteiger partial charge in [0.1, 0.15) is 0 Å². The molecule has 20 heavy (non-hydrogen) atoms. The maximum atomic E-state index is 11.4. The van der Waals surface area contributed by atoms with E-state index in [1.165, 1.54) is 36.5 Å². The van der Waals surface area contributed by atoms with Crippen LogP contribution in [0, 0.1) is 0 Å². The molecule has 0 saturated carbocycles. The van der Waals surface area contributed by atoms with Crippen molar-refractivity contribution in [1.29, 1.82) is 0 Å². The largest absolute Gasteiger partial charge is 0.755 e. The van der Waals surface area contributed by atoms with Crippen LogP contribution in [0.1, 0.15) is 10.4 Å². The van der Waals surface area contributed by atoms with E-state index in [4.69, 9.17) is 16.7 Å². The lowest BCUT2D eigenvalue weighted by atomic mass is 10.2. The van der Waals surface area contributed by atoms with Crippen molar-refractivity contribution in [3.63, 3.8) is 0 Å². The van der Waals surface area contributed by atoms with E-state index in [2.05, 4.69) is 4.98 Å². The molecule has 0 spiro atoms. The van der Waals surface area contributed by atoms with Gasteiger partial charge in [0, 0.05) is 6.20 Å². The summed E-state index contributed by atoms with van der Waals surface area (Å²) in [5.41, 5.74) is 0.506. The third-order valence-corrected chi connectivity index (χ3v) is 3.45. The lowest BCUT2D eigenvalue weighted by Gasteiger charge is -2.26. The highest BCUT2D eigenvalue weighted by Gasteiger charge is 2.14. The Kier molecular flexibility index (Phi) is 4.33. The maximum Gasteiger partial charge on any atom is 0.335 e. The molecule has 0 aliphatic carbocycles. The Bertz CT molecular complexity index is 663. The van der Waals surface area contributed by atoms with Gasteiger partial charge >= 0.3 is 5.97 Å². The molecular formula is C12H8ClN2O4S-. The molecule has 0 bridgehead atoms. The molecule has 8 heteroatoms. The number of aromatic carboxylic acids is 1. The van der Waals surface area contributed by atoms with Crippen LogP contribution >= 0.6 is 11.6 Å². The molecule has 0 saturated heterocycles. The molecule has 1 aromatic carbocycles. The molecule has 1 N–H and O–H groups in total. The molecule has 0 fully saturated rings. The zero-order valence-electron chi connectivity index (χ0n) is 9.89. The highest BCUT2D eigenvalue weighted by Crippen LogP contribution is 2.31. The molecule has 0 radical (unpaired) electrons. The van der Waals surface area contributed by atoms with Crippen molar-refractivity contribution in [3.8, 4) is 0 Å². The molecule has 0 aliphatic rings. The first-order chi connectivity index (χ1) is 9.50. The summed E-state index contributed by atoms with van der Waals surface area (Å²) in [6, 6.07) is 8.41. The summed E-state index contributed by atoms with van der Waals surface area (Å²) < 4.78 is 23.7. The summed E-state index contributed by atoms with van der Waals surface area (Å²) in [7, 11) is 0. The summed E-state index contributed by atoms with van der Waals surface area (Å²) in [5.74, 6) is -1.09. The second kappa shape index (κ2) is 6.00. The van der Waals surface area contributed by atoms with Crippen molar-refractivity contribution in [3.05, 3.63) is 53.3 Å². The average Bonchev–Trinajstić information content (AvgIpc) is 2.41. The number of rotatable bonds is 4. The van der Waals surface area contributed by atoms with Crippen molar-refractivity contribution in [1.82, 2.24) is 4.98 Å². The highest BCUT2D eigenvalue weighted by molar-refractivity contribution is 7.81. The topological polar surface area (TPSA) is 93.6 Å². The van der Waals surface area contributed by atoms with Gasteiger partial charge in [-0.1, -0.05) is 11.6 Å². The number of nitrogens with zero attached hydrogens (tertiary/aromatic N) is 2. The summed E-state index contributed by atoms with van der Waals surface area (Å²) >= 11 is 3.25. The smallest absolute Gasteiger partial charge is 0.335 e. The predicted molar refractivity (Wildman–Crippen MR) is 73.7 cm³/mol. The van der Waals surface area contributed by atoms with Crippen molar-refractivity contribution < 1.29 is 18.7 Å². The van der Waals surface area contributed by atoms with Gasteiger partial charge in [0.25, 0.3) is 0 Å². The number of hydrogen-bond acceptors (Lipinski definition) is 4. The Hall–Kier alpha value is -1.96. The van der Waals surface area contributed by atoms with E-state index in [0.29, 0.717) is 0 Å². The maximum absolute atomic E-state index is 11.4. The van der Waals surface area contributed by atoms with Crippen LogP contribution < -0.4 is 4.31 Å². The first-order valence-corrected chi connectivity index (χ1v) is 6.75. The number of carbonyl (C=O) groups is 1. The predicted octanol–water partition coefficient (Wildman–Crippen LogP) is 2.37. The molecular weight excluding hydrogens is 304 g/mol. The zero-order chi connectivity index (χ0) is 14.7. The van der Waals surface area contributed by atoms with E-state index < -0.39 is 17.2 Å². The SMILES string of the molecule is O=C(O)c1ccc(N(c2cccnc2Cl)S(=O)[O-])cc1. The summed E-state index contributed by atoms with van der Waals surface area (Å²) in [4.78, 5) is 14.6. The van der Waals surface area contributed by atoms with E-state index in [1.807, 2.05) is 0 Å². The molecule has 1 heterocycles. The standard InChI is InChI=1S/C12H9ClN2O4S/c13-11-10(2-1-7-14-11)15(20(18)19)9-5-3-8(4-6-9)12(16)17/h1-7H,(H,16,17)(H,18,19)/p-1. The molecule has 1 aromatic heterocycles. The zero-order valence-corrected chi connectivity index (χ0v) is 11.5. The normalized spacial score (nSPS) is 11.9. The number of hydrogen-bond donors (Lipinski definition) is 1. The number of benzene rings is 1. The van der Waals surface area contributed by atoms with Crippen LogP contribution in [0.2, 0.25) is 5.15 Å². The fourth-order valence-corrected chi connectivity index (χ4v) is 2.43. The van der Waals surface area contributed by atoms with E-state index in [-0.39, 0.29) is 22.1 Å². The van der Waals surface area contributed by atoms with Gasteiger partial charge in [0.15, 0.2) is 5.15 Å². The molecule has 0 amide bonds. The van der Waals surface area contributed by atoms with Gasteiger partial charge in [-0.2, -0.15) is 0 Å². The van der Waals surface area contributed by atoms with Crippen LogP contribution in [-0.2, 0) is 11.3 Å². The van der Waals surface area contributed by atoms with Gasteiger partial charge in [-0.05, 0) is 36.4 Å². The van der Waals surface area contributed by atoms with Gasteiger partial charge in [-0.25, -0.2) is 9.78 Å². The van der Waals surface area contributed by atoms with E-state index in [0.717, 1.165) is 4.31 Å². The van der Waals surface area contributed by atoms with Crippen LogP contribution in [0.15, 0.2) is 42.6 Å². The number of anilines is 2. The minimum absolute atomic E-state index is 0.0269. The Balaban J connectivity index is 2.47. The second-order valence-electron chi connectivity index (χ2n) is 3.68. The lowest BCUT2D eigenvalue weighted by molar-refractivity contribution is 0.0697. The van der Waals surface area contributed by atoms with E-state index in [1.54, 1.807) is 6.07 Å². The Morgan fingerprint density at radius 1 is 1.30 bits per heavy atom. The third-order valence-electron chi connectivity index (χ3n) is 2.46. The monoisotopic (exact) mass is 311 g/mol. The van der Waals surface area contributed by atoms with Crippen LogP contribution in [0.5, 0.6) is 0 Å². The molecule has 6 nitrogen and oxygen atoms in total. The quantitative estimate of drug-likeness (QED) is 0.691. The van der Waals surface area contributed by atoms with Crippen molar-refractivity contribution in [2.45, 2.75) is 0 Å².